The predicted octanol–water partition coefficient (Wildman–Crippen LogP) is 3.76. The summed E-state index contributed by atoms with van der Waals surface area (Å²) in [6, 6.07) is 8.09. The largest absolute Gasteiger partial charge is 0.493 e. The van der Waals surface area contributed by atoms with E-state index in [1.54, 1.807) is 6.92 Å². The standard InChI is InChI=1S/C16H23NO2/c1-12-6-7-14(13(2)18)15(10-12)19-9-5-8-16(3,4)11-17/h6-7,10,13,18H,5,8-9H2,1-4H3/t13-/m0/s1. The van der Waals surface area contributed by atoms with Gasteiger partial charge in [-0.25, -0.2) is 0 Å². The van der Waals surface area contributed by atoms with E-state index in [9.17, 15) is 5.11 Å². The molecule has 0 heterocycles. The van der Waals surface area contributed by atoms with Gasteiger partial charge in [-0.3, -0.25) is 0 Å². The third-order valence-electron chi connectivity index (χ3n) is 3.13. The second kappa shape index (κ2) is 6.58. The first kappa shape index (κ1) is 15.5. The first-order valence-electron chi connectivity index (χ1n) is 6.68. The molecule has 0 saturated carbocycles. The number of aliphatic hydroxyl groups is 1. The Labute approximate surface area is 115 Å². The first-order valence-corrected chi connectivity index (χ1v) is 6.68. The van der Waals surface area contributed by atoms with Crippen LogP contribution in [0.15, 0.2) is 18.2 Å². The summed E-state index contributed by atoms with van der Waals surface area (Å²) < 4.78 is 5.75. The fourth-order valence-corrected chi connectivity index (χ4v) is 1.86. The van der Waals surface area contributed by atoms with Gasteiger partial charge < -0.3 is 9.84 Å². The lowest BCUT2D eigenvalue weighted by Crippen LogP contribution is -2.10. The van der Waals surface area contributed by atoms with Crippen molar-refractivity contribution >= 4 is 0 Å². The van der Waals surface area contributed by atoms with Gasteiger partial charge >= 0.3 is 0 Å². The van der Waals surface area contributed by atoms with Gasteiger partial charge in [-0.15, -0.1) is 0 Å². The van der Waals surface area contributed by atoms with Gasteiger partial charge in [0.05, 0.1) is 24.2 Å². The first-order chi connectivity index (χ1) is 8.85. The highest BCUT2D eigenvalue weighted by molar-refractivity contribution is 5.38. The molecule has 0 saturated heterocycles. The summed E-state index contributed by atoms with van der Waals surface area (Å²) in [5.74, 6) is 0.741. The van der Waals surface area contributed by atoms with Crippen LogP contribution in [0.3, 0.4) is 0 Å². The van der Waals surface area contributed by atoms with Crippen LogP contribution in [0.4, 0.5) is 0 Å². The number of nitrogens with zero attached hydrogens (tertiary/aromatic N) is 1. The Balaban J connectivity index is 2.58. The fraction of sp³-hybridized carbons (Fsp3) is 0.562. The second-order valence-electron chi connectivity index (χ2n) is 5.66. The van der Waals surface area contributed by atoms with E-state index in [0.29, 0.717) is 6.61 Å². The number of aryl methyl sites for hydroxylation is 1. The van der Waals surface area contributed by atoms with Crippen molar-refractivity contribution in [1.82, 2.24) is 0 Å². The van der Waals surface area contributed by atoms with E-state index in [1.807, 2.05) is 39.0 Å². The molecule has 1 aromatic rings. The SMILES string of the molecule is Cc1ccc([C@H](C)O)c(OCCCC(C)(C)C#N)c1. The highest BCUT2D eigenvalue weighted by atomic mass is 16.5. The maximum absolute atomic E-state index is 9.70. The minimum Gasteiger partial charge on any atom is -0.493 e. The van der Waals surface area contributed by atoms with Gasteiger partial charge in [0.15, 0.2) is 0 Å². The van der Waals surface area contributed by atoms with Crippen molar-refractivity contribution in [2.75, 3.05) is 6.61 Å². The average molecular weight is 261 g/mol. The molecule has 1 aromatic carbocycles. The molecular formula is C16H23NO2. The van der Waals surface area contributed by atoms with E-state index in [0.717, 1.165) is 29.7 Å². The summed E-state index contributed by atoms with van der Waals surface area (Å²) >= 11 is 0. The number of rotatable bonds is 6. The zero-order valence-corrected chi connectivity index (χ0v) is 12.2. The molecule has 0 aliphatic rings. The van der Waals surface area contributed by atoms with Crippen LogP contribution in [0.1, 0.15) is 50.8 Å². The molecule has 0 aromatic heterocycles. The fourth-order valence-electron chi connectivity index (χ4n) is 1.86. The van der Waals surface area contributed by atoms with Crippen LogP contribution in [0, 0.1) is 23.7 Å². The van der Waals surface area contributed by atoms with Crippen LogP contribution < -0.4 is 4.74 Å². The maximum Gasteiger partial charge on any atom is 0.125 e. The second-order valence-corrected chi connectivity index (χ2v) is 5.66. The lowest BCUT2D eigenvalue weighted by atomic mass is 9.90. The van der Waals surface area contributed by atoms with Gasteiger partial charge in [-0.2, -0.15) is 5.26 Å². The van der Waals surface area contributed by atoms with E-state index in [-0.39, 0.29) is 5.41 Å². The van der Waals surface area contributed by atoms with E-state index < -0.39 is 6.10 Å². The van der Waals surface area contributed by atoms with Crippen molar-refractivity contribution in [1.29, 1.82) is 5.26 Å². The molecule has 0 bridgehead atoms. The van der Waals surface area contributed by atoms with Gasteiger partial charge in [0.1, 0.15) is 5.75 Å². The van der Waals surface area contributed by atoms with E-state index in [2.05, 4.69) is 6.07 Å². The number of ether oxygens (including phenoxy) is 1. The van der Waals surface area contributed by atoms with Crippen molar-refractivity contribution in [2.24, 2.45) is 5.41 Å². The monoisotopic (exact) mass is 261 g/mol. The number of hydrogen-bond donors (Lipinski definition) is 1. The minimum atomic E-state index is -0.536. The molecule has 104 valence electrons. The summed E-state index contributed by atoms with van der Waals surface area (Å²) in [6.45, 7) is 8.16. The molecule has 0 unspecified atom stereocenters. The molecule has 0 spiro atoms. The zero-order valence-electron chi connectivity index (χ0n) is 12.2. The number of hydrogen-bond acceptors (Lipinski definition) is 3. The van der Waals surface area contributed by atoms with Gasteiger partial charge in [-0.1, -0.05) is 12.1 Å². The Kier molecular flexibility index (Phi) is 5.38. The lowest BCUT2D eigenvalue weighted by Gasteiger charge is -2.17. The van der Waals surface area contributed by atoms with Crippen LogP contribution in [0.5, 0.6) is 5.75 Å². The van der Waals surface area contributed by atoms with Crippen molar-refractivity contribution in [3.63, 3.8) is 0 Å². The van der Waals surface area contributed by atoms with Crippen LogP contribution in [-0.4, -0.2) is 11.7 Å². The number of nitriles is 1. The molecule has 1 rings (SSSR count). The highest BCUT2D eigenvalue weighted by Gasteiger charge is 2.16. The zero-order chi connectivity index (χ0) is 14.5. The van der Waals surface area contributed by atoms with Crippen molar-refractivity contribution in [2.45, 2.75) is 46.6 Å². The highest BCUT2D eigenvalue weighted by Crippen LogP contribution is 2.27. The van der Waals surface area contributed by atoms with Crippen LogP contribution in [0.2, 0.25) is 0 Å². The Morgan fingerprint density at radius 2 is 2.11 bits per heavy atom. The van der Waals surface area contributed by atoms with Crippen molar-refractivity contribution in [3.8, 4) is 11.8 Å². The van der Waals surface area contributed by atoms with Gasteiger partial charge in [0, 0.05) is 5.56 Å². The van der Waals surface area contributed by atoms with Crippen molar-refractivity contribution in [3.05, 3.63) is 29.3 Å². The van der Waals surface area contributed by atoms with E-state index in [4.69, 9.17) is 10.00 Å². The van der Waals surface area contributed by atoms with Crippen LogP contribution in [0.25, 0.3) is 0 Å². The maximum atomic E-state index is 9.70. The Morgan fingerprint density at radius 1 is 1.42 bits per heavy atom. The molecular weight excluding hydrogens is 238 g/mol. The molecule has 1 N–H and O–H groups in total. The topological polar surface area (TPSA) is 53.2 Å². The summed E-state index contributed by atoms with van der Waals surface area (Å²) in [5.41, 5.74) is 1.62. The predicted molar refractivity (Wildman–Crippen MR) is 75.9 cm³/mol. The van der Waals surface area contributed by atoms with Crippen LogP contribution >= 0.6 is 0 Å². The van der Waals surface area contributed by atoms with Crippen LogP contribution in [-0.2, 0) is 0 Å². The lowest BCUT2D eigenvalue weighted by molar-refractivity contribution is 0.190. The third-order valence-corrected chi connectivity index (χ3v) is 3.13. The Bertz CT molecular complexity index is 458. The third kappa shape index (κ3) is 4.92. The molecule has 1 atom stereocenters. The Morgan fingerprint density at radius 3 is 2.68 bits per heavy atom. The van der Waals surface area contributed by atoms with Gasteiger partial charge in [0.2, 0.25) is 0 Å². The normalized spacial score (nSPS) is 12.8. The molecule has 0 fully saturated rings. The van der Waals surface area contributed by atoms with Crippen molar-refractivity contribution < 1.29 is 9.84 Å². The summed E-state index contributed by atoms with van der Waals surface area (Å²) in [4.78, 5) is 0. The van der Waals surface area contributed by atoms with Gasteiger partial charge in [0.25, 0.3) is 0 Å². The summed E-state index contributed by atoms with van der Waals surface area (Å²) in [7, 11) is 0. The Hall–Kier alpha value is -1.53. The van der Waals surface area contributed by atoms with E-state index in [1.165, 1.54) is 0 Å². The number of benzene rings is 1. The van der Waals surface area contributed by atoms with E-state index >= 15 is 0 Å². The molecule has 0 radical (unpaired) electrons. The molecule has 0 aliphatic heterocycles. The molecule has 3 heteroatoms. The molecule has 0 amide bonds. The summed E-state index contributed by atoms with van der Waals surface area (Å²) in [6.07, 6.45) is 1.10. The quantitative estimate of drug-likeness (QED) is 0.793. The smallest absolute Gasteiger partial charge is 0.125 e. The minimum absolute atomic E-state index is 0.303. The summed E-state index contributed by atoms with van der Waals surface area (Å²) in [5, 5.41) is 18.6. The molecule has 0 aliphatic carbocycles. The molecule has 19 heavy (non-hydrogen) atoms. The molecule has 3 nitrogen and oxygen atoms in total. The van der Waals surface area contributed by atoms with Gasteiger partial charge in [-0.05, 0) is 52.2 Å². The number of aliphatic hydroxyl groups excluding tert-OH is 1. The average Bonchev–Trinajstić information content (AvgIpc) is 2.34.